The minimum Gasteiger partial charge on any atom is -0.397 e. The van der Waals surface area contributed by atoms with Crippen LogP contribution in [0.2, 0.25) is 0 Å². The van der Waals surface area contributed by atoms with Gasteiger partial charge in [0, 0.05) is 22.6 Å². The van der Waals surface area contributed by atoms with Gasteiger partial charge in [0.25, 0.3) is 0 Å². The molecule has 0 amide bonds. The van der Waals surface area contributed by atoms with Crippen LogP contribution in [-0.4, -0.2) is 23.4 Å². The van der Waals surface area contributed by atoms with Crippen molar-refractivity contribution in [1.82, 2.24) is 4.98 Å². The summed E-state index contributed by atoms with van der Waals surface area (Å²) in [5.41, 5.74) is 7.81. The summed E-state index contributed by atoms with van der Waals surface area (Å²) in [7, 11) is 0. The average Bonchev–Trinajstić information content (AvgIpc) is 2.91. The zero-order chi connectivity index (χ0) is 12.4. The molecule has 3 nitrogen and oxygen atoms in total. The monoisotopic (exact) mass is 260 g/mol. The third-order valence-corrected chi connectivity index (χ3v) is 4.47. The first-order valence-electron chi connectivity index (χ1n) is 6.22. The second-order valence-electron chi connectivity index (χ2n) is 4.51. The van der Waals surface area contributed by atoms with Gasteiger partial charge in [-0.2, -0.15) is 0 Å². The van der Waals surface area contributed by atoms with Crippen molar-refractivity contribution < 1.29 is 4.74 Å². The number of benzene rings is 1. The lowest BCUT2D eigenvalue weighted by Gasteiger charge is -2.12. The summed E-state index contributed by atoms with van der Waals surface area (Å²) >= 11 is 1.78. The van der Waals surface area contributed by atoms with Crippen molar-refractivity contribution in [2.75, 3.05) is 18.1 Å². The van der Waals surface area contributed by atoms with E-state index in [-0.39, 0.29) is 0 Å². The van der Waals surface area contributed by atoms with Gasteiger partial charge < -0.3 is 10.5 Å². The highest BCUT2D eigenvalue weighted by Crippen LogP contribution is 2.33. The van der Waals surface area contributed by atoms with Crippen molar-refractivity contribution in [1.29, 1.82) is 0 Å². The van der Waals surface area contributed by atoms with E-state index in [1.54, 1.807) is 18.0 Å². The van der Waals surface area contributed by atoms with Gasteiger partial charge in [0.1, 0.15) is 0 Å². The molecule has 0 bridgehead atoms. The number of aromatic nitrogens is 1. The molecule has 0 radical (unpaired) electrons. The lowest BCUT2D eigenvalue weighted by atomic mass is 10.2. The highest BCUT2D eigenvalue weighted by Gasteiger charge is 2.17. The highest BCUT2D eigenvalue weighted by molar-refractivity contribution is 7.99. The number of nitrogen functional groups attached to an aromatic ring is 1. The first-order valence-corrected chi connectivity index (χ1v) is 7.21. The van der Waals surface area contributed by atoms with Crippen molar-refractivity contribution in [2.45, 2.75) is 23.8 Å². The van der Waals surface area contributed by atoms with Gasteiger partial charge in [-0.1, -0.05) is 18.2 Å². The molecule has 4 heteroatoms. The van der Waals surface area contributed by atoms with E-state index in [0.717, 1.165) is 40.3 Å². The number of para-hydroxylation sites is 1. The summed E-state index contributed by atoms with van der Waals surface area (Å²) < 4.78 is 5.65. The second-order valence-corrected chi connectivity index (χ2v) is 5.54. The Morgan fingerprint density at radius 2 is 2.28 bits per heavy atom. The number of hydrogen-bond acceptors (Lipinski definition) is 4. The van der Waals surface area contributed by atoms with Crippen LogP contribution in [0, 0.1) is 0 Å². The zero-order valence-electron chi connectivity index (χ0n) is 10.1. The minimum atomic E-state index is 0.376. The van der Waals surface area contributed by atoms with Crippen molar-refractivity contribution in [2.24, 2.45) is 0 Å². The van der Waals surface area contributed by atoms with Gasteiger partial charge in [-0.05, 0) is 18.9 Å². The van der Waals surface area contributed by atoms with Crippen molar-refractivity contribution in [3.8, 4) is 0 Å². The van der Waals surface area contributed by atoms with Crippen LogP contribution in [0.15, 0.2) is 35.4 Å². The van der Waals surface area contributed by atoms with Crippen LogP contribution in [-0.2, 0) is 4.74 Å². The number of ether oxygens (including phenoxy) is 1. The number of thioether (sulfide) groups is 1. The molecule has 1 unspecified atom stereocenters. The van der Waals surface area contributed by atoms with E-state index < -0.39 is 0 Å². The molecule has 1 aromatic carbocycles. The Hall–Kier alpha value is -1.26. The van der Waals surface area contributed by atoms with Gasteiger partial charge in [-0.3, -0.25) is 4.98 Å². The summed E-state index contributed by atoms with van der Waals surface area (Å²) in [6, 6.07) is 8.13. The number of rotatable bonds is 3. The van der Waals surface area contributed by atoms with Crippen LogP contribution in [0.1, 0.15) is 12.8 Å². The maximum absolute atomic E-state index is 6.05. The van der Waals surface area contributed by atoms with Crippen molar-refractivity contribution in [3.63, 3.8) is 0 Å². The maximum atomic E-state index is 6.05. The van der Waals surface area contributed by atoms with Crippen molar-refractivity contribution in [3.05, 3.63) is 30.5 Å². The smallest absolute Gasteiger partial charge is 0.0714 e. The number of nitrogens with zero attached hydrogens (tertiary/aromatic N) is 1. The molecule has 3 rings (SSSR count). The molecule has 94 valence electrons. The number of hydrogen-bond donors (Lipinski definition) is 1. The van der Waals surface area contributed by atoms with E-state index >= 15 is 0 Å². The average molecular weight is 260 g/mol. The highest BCUT2D eigenvalue weighted by atomic mass is 32.2. The maximum Gasteiger partial charge on any atom is 0.0714 e. The Morgan fingerprint density at radius 3 is 3.11 bits per heavy atom. The van der Waals surface area contributed by atoms with Gasteiger partial charge in [0.05, 0.1) is 23.5 Å². The fraction of sp³-hybridized carbons (Fsp3) is 0.357. The molecular formula is C14H16N2OS. The quantitative estimate of drug-likeness (QED) is 0.862. The van der Waals surface area contributed by atoms with Crippen LogP contribution < -0.4 is 5.73 Å². The van der Waals surface area contributed by atoms with E-state index in [1.165, 1.54) is 6.42 Å². The van der Waals surface area contributed by atoms with E-state index in [4.69, 9.17) is 10.5 Å². The molecule has 18 heavy (non-hydrogen) atoms. The first kappa shape index (κ1) is 11.8. The largest absolute Gasteiger partial charge is 0.397 e. The number of fused-ring (bicyclic) bond motifs is 1. The van der Waals surface area contributed by atoms with Gasteiger partial charge >= 0.3 is 0 Å². The molecule has 0 saturated carbocycles. The molecule has 2 aromatic rings. The number of pyridine rings is 1. The van der Waals surface area contributed by atoms with Crippen LogP contribution in [0.5, 0.6) is 0 Å². The second kappa shape index (κ2) is 5.16. The number of nitrogens with two attached hydrogens (primary N) is 1. The van der Waals surface area contributed by atoms with E-state index in [1.807, 2.05) is 18.2 Å². The van der Waals surface area contributed by atoms with Gasteiger partial charge in [0.15, 0.2) is 0 Å². The topological polar surface area (TPSA) is 48.1 Å². The normalized spacial score (nSPS) is 19.4. The molecule has 1 fully saturated rings. The lowest BCUT2D eigenvalue weighted by molar-refractivity contribution is 0.129. The molecule has 1 aliphatic rings. The summed E-state index contributed by atoms with van der Waals surface area (Å²) in [5, 5.41) is 1.14. The predicted octanol–water partition coefficient (Wildman–Crippen LogP) is 3.09. The summed E-state index contributed by atoms with van der Waals surface area (Å²) in [4.78, 5) is 5.49. The molecule has 2 N–H and O–H groups in total. The molecular weight excluding hydrogens is 244 g/mol. The Balaban J connectivity index is 1.87. The SMILES string of the molecule is Nc1cnc2ccccc2c1SCC1CCCO1. The third-order valence-electron chi connectivity index (χ3n) is 3.19. The molecule has 1 aliphatic heterocycles. The van der Waals surface area contributed by atoms with Crippen LogP contribution >= 0.6 is 11.8 Å². The summed E-state index contributed by atoms with van der Waals surface area (Å²) in [5.74, 6) is 0.970. The van der Waals surface area contributed by atoms with E-state index in [0.29, 0.717) is 6.10 Å². The van der Waals surface area contributed by atoms with Gasteiger partial charge in [0.2, 0.25) is 0 Å². The number of anilines is 1. The lowest BCUT2D eigenvalue weighted by Crippen LogP contribution is -2.08. The molecule has 0 spiro atoms. The van der Waals surface area contributed by atoms with E-state index in [2.05, 4.69) is 11.1 Å². The van der Waals surface area contributed by atoms with Crippen LogP contribution in [0.25, 0.3) is 10.9 Å². The van der Waals surface area contributed by atoms with Crippen LogP contribution in [0.3, 0.4) is 0 Å². The third kappa shape index (κ3) is 2.31. The van der Waals surface area contributed by atoms with Gasteiger partial charge in [-0.15, -0.1) is 11.8 Å². The molecule has 1 atom stereocenters. The Labute approximate surface area is 111 Å². The zero-order valence-corrected chi connectivity index (χ0v) is 11.0. The van der Waals surface area contributed by atoms with Crippen LogP contribution in [0.4, 0.5) is 5.69 Å². The summed E-state index contributed by atoms with van der Waals surface area (Å²) in [6.45, 7) is 0.901. The molecule has 1 aromatic heterocycles. The van der Waals surface area contributed by atoms with E-state index in [9.17, 15) is 0 Å². The van der Waals surface area contributed by atoms with Crippen molar-refractivity contribution >= 4 is 28.4 Å². The van der Waals surface area contributed by atoms with Gasteiger partial charge in [-0.25, -0.2) is 0 Å². The Kier molecular flexibility index (Phi) is 3.39. The minimum absolute atomic E-state index is 0.376. The molecule has 2 heterocycles. The fourth-order valence-electron chi connectivity index (χ4n) is 2.24. The summed E-state index contributed by atoms with van der Waals surface area (Å²) in [6.07, 6.45) is 4.47. The standard InChI is InChI=1S/C14H16N2OS/c15-12-8-16-13-6-2-1-5-11(13)14(12)18-9-10-4-3-7-17-10/h1-2,5-6,8,10H,3-4,7,9,15H2. The Morgan fingerprint density at radius 1 is 1.39 bits per heavy atom. The Bertz CT molecular complexity index is 552. The molecule has 0 aliphatic carbocycles. The predicted molar refractivity (Wildman–Crippen MR) is 75.9 cm³/mol. The fourth-order valence-corrected chi connectivity index (χ4v) is 3.41. The molecule has 1 saturated heterocycles. The first-order chi connectivity index (χ1) is 8.84.